The first-order valence-electron chi connectivity index (χ1n) is 3.86. The van der Waals surface area contributed by atoms with Gasteiger partial charge in [-0.05, 0) is 0 Å². The fourth-order valence-electron chi connectivity index (χ4n) is 1.11. The van der Waals surface area contributed by atoms with Gasteiger partial charge in [-0.25, -0.2) is 0 Å². The van der Waals surface area contributed by atoms with Gasteiger partial charge in [-0.2, -0.15) is 41.8 Å². The van der Waals surface area contributed by atoms with E-state index in [1.165, 1.54) is 16.7 Å². The Labute approximate surface area is 92.5 Å². The van der Waals surface area contributed by atoms with Crippen LogP contribution in [0.25, 0.3) is 0 Å². The predicted molar refractivity (Wildman–Crippen MR) is 56.3 cm³/mol. The van der Waals surface area contributed by atoms with Gasteiger partial charge in [-0.15, -0.1) is 0 Å². The summed E-state index contributed by atoms with van der Waals surface area (Å²) in [6.07, 6.45) is 0. The van der Waals surface area contributed by atoms with Crippen molar-refractivity contribution in [3.63, 3.8) is 0 Å². The average molecular weight is 173 g/mol. The zero-order valence-corrected chi connectivity index (χ0v) is 9.98. The molecule has 12 heavy (non-hydrogen) atoms. The molecule has 1 heteroatoms. The van der Waals surface area contributed by atoms with Crippen LogP contribution in [-0.2, 0) is 0 Å². The summed E-state index contributed by atoms with van der Waals surface area (Å²) in [6.45, 7) is 11.2. The summed E-state index contributed by atoms with van der Waals surface area (Å²) in [6, 6.07) is 7.47. The largest absolute Gasteiger partial charge is 2.00 e. The summed E-state index contributed by atoms with van der Waals surface area (Å²) in [7, 11) is 0. The van der Waals surface area contributed by atoms with Crippen molar-refractivity contribution in [3.8, 4) is 0 Å². The Kier molecular flexibility index (Phi) is 9.22. The van der Waals surface area contributed by atoms with Crippen LogP contribution in [0.2, 0.25) is 0 Å². The summed E-state index contributed by atoms with van der Waals surface area (Å²) >= 11 is 0. The van der Waals surface area contributed by atoms with E-state index < -0.39 is 0 Å². The van der Waals surface area contributed by atoms with Crippen LogP contribution in [0.1, 0.15) is 23.6 Å². The summed E-state index contributed by atoms with van der Waals surface area (Å²) in [5.41, 5.74) is 3.78. The Morgan fingerprint density at radius 3 is 1.58 bits per heavy atom. The van der Waals surface area contributed by atoms with Crippen LogP contribution in [0.5, 0.6) is 0 Å². The molecule has 0 atom stereocenters. The molecule has 0 saturated carbocycles. The molecular formula is C11H16Mg. The fraction of sp³-hybridized carbons (Fsp3) is 0.364. The molecule has 0 aliphatic rings. The SMILES string of the molecule is Cc1[c-]c(C)cc(C)c1.[CH2-]C.[Mg+2]. The monoisotopic (exact) mass is 172 g/mol. The first-order valence-corrected chi connectivity index (χ1v) is 3.86. The number of benzene rings is 1. The first kappa shape index (κ1) is 14.5. The van der Waals surface area contributed by atoms with E-state index in [4.69, 9.17) is 0 Å². The van der Waals surface area contributed by atoms with E-state index >= 15 is 0 Å². The Bertz CT molecular complexity index is 166. The number of aryl methyl sites for hydroxylation is 3. The van der Waals surface area contributed by atoms with E-state index in [2.05, 4.69) is 45.9 Å². The maximum Gasteiger partial charge on any atom is 2.00 e. The predicted octanol–water partition coefficient (Wildman–Crippen LogP) is 2.87. The smallest absolute Gasteiger partial charge is 0.346 e. The summed E-state index contributed by atoms with van der Waals surface area (Å²) < 4.78 is 0. The second-order valence-electron chi connectivity index (χ2n) is 2.52. The van der Waals surface area contributed by atoms with Gasteiger partial charge in [0.05, 0.1) is 0 Å². The molecule has 1 aromatic carbocycles. The number of hydrogen-bond donors (Lipinski definition) is 0. The molecule has 0 heterocycles. The Balaban J connectivity index is 0. The summed E-state index contributed by atoms with van der Waals surface area (Å²) in [4.78, 5) is 0. The van der Waals surface area contributed by atoms with Crippen LogP contribution < -0.4 is 0 Å². The van der Waals surface area contributed by atoms with E-state index in [1.807, 2.05) is 0 Å². The third kappa shape index (κ3) is 5.61. The van der Waals surface area contributed by atoms with E-state index in [0.29, 0.717) is 0 Å². The van der Waals surface area contributed by atoms with Crippen LogP contribution in [0.3, 0.4) is 0 Å². The van der Waals surface area contributed by atoms with Crippen molar-refractivity contribution < 1.29 is 0 Å². The zero-order chi connectivity index (χ0) is 8.85. The van der Waals surface area contributed by atoms with Crippen molar-refractivity contribution >= 4 is 23.1 Å². The van der Waals surface area contributed by atoms with Gasteiger partial charge in [-0.3, -0.25) is 0 Å². The van der Waals surface area contributed by atoms with Crippen LogP contribution in [0.4, 0.5) is 0 Å². The molecule has 62 valence electrons. The van der Waals surface area contributed by atoms with Crippen molar-refractivity contribution in [1.29, 1.82) is 0 Å². The van der Waals surface area contributed by atoms with Crippen molar-refractivity contribution in [2.24, 2.45) is 0 Å². The van der Waals surface area contributed by atoms with Gasteiger partial charge in [-0.1, -0.05) is 20.8 Å². The Morgan fingerprint density at radius 2 is 1.33 bits per heavy atom. The normalized spacial score (nSPS) is 7.75. The minimum atomic E-state index is 0. The van der Waals surface area contributed by atoms with Gasteiger partial charge in [0.15, 0.2) is 0 Å². The minimum absolute atomic E-state index is 0. The fourth-order valence-corrected chi connectivity index (χ4v) is 1.11. The molecule has 1 rings (SSSR count). The van der Waals surface area contributed by atoms with Gasteiger partial charge in [0.25, 0.3) is 0 Å². The second-order valence-corrected chi connectivity index (χ2v) is 2.52. The molecule has 0 aromatic heterocycles. The van der Waals surface area contributed by atoms with Crippen molar-refractivity contribution in [2.75, 3.05) is 0 Å². The van der Waals surface area contributed by atoms with Gasteiger partial charge in [0.1, 0.15) is 0 Å². The van der Waals surface area contributed by atoms with E-state index in [9.17, 15) is 0 Å². The van der Waals surface area contributed by atoms with Crippen molar-refractivity contribution in [1.82, 2.24) is 0 Å². The molecule has 0 radical (unpaired) electrons. The Hall–Kier alpha value is -0.0138. The van der Waals surface area contributed by atoms with Crippen LogP contribution in [0.15, 0.2) is 12.1 Å². The van der Waals surface area contributed by atoms with Crippen LogP contribution in [-0.4, -0.2) is 23.1 Å². The maximum absolute atomic E-state index is 3.25. The van der Waals surface area contributed by atoms with Gasteiger partial charge in [0, 0.05) is 0 Å². The average Bonchev–Trinajstić information content (AvgIpc) is 1.88. The van der Waals surface area contributed by atoms with Crippen LogP contribution >= 0.6 is 0 Å². The quantitative estimate of drug-likeness (QED) is 0.417. The number of rotatable bonds is 0. The molecule has 0 fully saturated rings. The molecule has 0 N–H and O–H groups in total. The van der Waals surface area contributed by atoms with Gasteiger partial charge in [0.2, 0.25) is 0 Å². The molecule has 1 aromatic rings. The number of hydrogen-bond acceptors (Lipinski definition) is 0. The van der Waals surface area contributed by atoms with Gasteiger partial charge >= 0.3 is 23.1 Å². The van der Waals surface area contributed by atoms with Gasteiger partial charge < -0.3 is 6.92 Å². The maximum atomic E-state index is 3.25. The molecule has 0 spiro atoms. The molecule has 0 nitrogen and oxygen atoms in total. The molecular weight excluding hydrogens is 156 g/mol. The molecule has 0 unspecified atom stereocenters. The zero-order valence-electron chi connectivity index (χ0n) is 8.57. The third-order valence-electron chi connectivity index (χ3n) is 1.28. The molecule has 0 bridgehead atoms. The minimum Gasteiger partial charge on any atom is -0.346 e. The standard InChI is InChI=1S/C9H11.C2H5.Mg/c1-7-4-8(2)6-9(3)5-7;1-2;/h4-5H,1-3H3;1H2,2H3;/q2*-1;+2. The second kappa shape index (κ2) is 7.63. The van der Waals surface area contributed by atoms with E-state index in [1.54, 1.807) is 6.92 Å². The summed E-state index contributed by atoms with van der Waals surface area (Å²) in [5.74, 6) is 0. The summed E-state index contributed by atoms with van der Waals surface area (Å²) in [5, 5.41) is 0. The van der Waals surface area contributed by atoms with Crippen molar-refractivity contribution in [2.45, 2.75) is 27.7 Å². The molecule has 0 aliphatic carbocycles. The molecule has 0 amide bonds. The van der Waals surface area contributed by atoms with E-state index in [-0.39, 0.29) is 23.1 Å². The topological polar surface area (TPSA) is 0 Å². The third-order valence-corrected chi connectivity index (χ3v) is 1.28. The van der Waals surface area contributed by atoms with E-state index in [0.717, 1.165) is 0 Å². The Morgan fingerprint density at radius 1 is 1.00 bits per heavy atom. The van der Waals surface area contributed by atoms with Crippen LogP contribution in [0, 0.1) is 33.8 Å². The van der Waals surface area contributed by atoms with Crippen molar-refractivity contribution in [3.05, 3.63) is 41.8 Å². The molecule has 0 aliphatic heterocycles. The first-order chi connectivity index (χ1) is 5.18. The molecule has 0 saturated heterocycles.